The first-order valence-corrected chi connectivity index (χ1v) is 5.77. The van der Waals surface area contributed by atoms with Crippen molar-refractivity contribution in [2.45, 2.75) is 39.9 Å². The van der Waals surface area contributed by atoms with E-state index >= 15 is 0 Å². The highest BCUT2D eigenvalue weighted by molar-refractivity contribution is 5.48. The first-order chi connectivity index (χ1) is 7.58. The van der Waals surface area contributed by atoms with Crippen molar-refractivity contribution in [2.24, 2.45) is 0 Å². The maximum Gasteiger partial charge on any atom is 0.154 e. The lowest BCUT2D eigenvalue weighted by atomic mass is 10.1. The second-order valence-corrected chi connectivity index (χ2v) is 4.64. The number of hydrogen-bond donors (Lipinski definition) is 0. The topological polar surface area (TPSA) is 38.2 Å². The van der Waals surface area contributed by atoms with Crippen LogP contribution < -0.4 is 4.90 Å². The van der Waals surface area contributed by atoms with Gasteiger partial charge in [-0.2, -0.15) is 5.10 Å². The Kier molecular flexibility index (Phi) is 3.10. The highest BCUT2D eigenvalue weighted by Crippen LogP contribution is 2.22. The van der Waals surface area contributed by atoms with Gasteiger partial charge in [0.15, 0.2) is 5.82 Å². The third-order valence-corrected chi connectivity index (χ3v) is 3.05. The summed E-state index contributed by atoms with van der Waals surface area (Å²) in [4.78, 5) is 2.27. The van der Waals surface area contributed by atoms with E-state index in [0.717, 1.165) is 18.9 Å². The summed E-state index contributed by atoms with van der Waals surface area (Å²) >= 11 is 0. The van der Waals surface area contributed by atoms with Crippen LogP contribution in [0, 0.1) is 13.8 Å². The van der Waals surface area contributed by atoms with Crippen molar-refractivity contribution >= 4 is 5.82 Å². The van der Waals surface area contributed by atoms with Gasteiger partial charge in [0.25, 0.3) is 0 Å². The van der Waals surface area contributed by atoms with Crippen molar-refractivity contribution in [3.05, 3.63) is 17.3 Å². The van der Waals surface area contributed by atoms with Crippen molar-refractivity contribution in [1.82, 2.24) is 10.2 Å². The lowest BCUT2D eigenvalue weighted by Crippen LogP contribution is -2.46. The standard InChI is InChI=1S/C12H19N3O/c1-8-5-13-14-12(11(8)4)15-6-9(2)16-10(3)7-15/h5,9-10H,6-7H2,1-4H3/t9-,10+. The summed E-state index contributed by atoms with van der Waals surface area (Å²) in [6.45, 7) is 10.2. The van der Waals surface area contributed by atoms with Crippen LogP contribution in [-0.2, 0) is 4.74 Å². The molecular weight excluding hydrogens is 202 g/mol. The molecule has 1 aliphatic heterocycles. The van der Waals surface area contributed by atoms with E-state index in [1.165, 1.54) is 11.1 Å². The smallest absolute Gasteiger partial charge is 0.154 e. The Labute approximate surface area is 96.6 Å². The number of ether oxygens (including phenoxy) is 1. The Balaban J connectivity index is 2.26. The van der Waals surface area contributed by atoms with Crippen LogP contribution in [0.5, 0.6) is 0 Å². The average Bonchev–Trinajstić information content (AvgIpc) is 2.20. The normalized spacial score (nSPS) is 25.9. The number of rotatable bonds is 1. The molecule has 0 N–H and O–H groups in total. The summed E-state index contributed by atoms with van der Waals surface area (Å²) in [6.07, 6.45) is 2.32. The van der Waals surface area contributed by atoms with Gasteiger partial charge in [-0.05, 0) is 38.8 Å². The van der Waals surface area contributed by atoms with Gasteiger partial charge in [0.1, 0.15) is 0 Å². The fraction of sp³-hybridized carbons (Fsp3) is 0.667. The molecule has 0 aliphatic carbocycles. The number of anilines is 1. The molecule has 88 valence electrons. The molecule has 1 aromatic rings. The number of aryl methyl sites for hydroxylation is 1. The number of nitrogens with zero attached hydrogens (tertiary/aromatic N) is 3. The lowest BCUT2D eigenvalue weighted by molar-refractivity contribution is -0.00554. The van der Waals surface area contributed by atoms with E-state index in [-0.39, 0.29) is 12.2 Å². The molecule has 0 bridgehead atoms. The second kappa shape index (κ2) is 4.37. The van der Waals surface area contributed by atoms with E-state index in [1.54, 1.807) is 0 Å². The van der Waals surface area contributed by atoms with E-state index in [4.69, 9.17) is 4.74 Å². The van der Waals surface area contributed by atoms with Gasteiger partial charge in [-0.1, -0.05) is 0 Å². The minimum Gasteiger partial charge on any atom is -0.372 e. The zero-order valence-corrected chi connectivity index (χ0v) is 10.4. The van der Waals surface area contributed by atoms with Crippen LogP contribution in [0.1, 0.15) is 25.0 Å². The van der Waals surface area contributed by atoms with E-state index in [1.807, 2.05) is 6.20 Å². The first kappa shape index (κ1) is 11.3. The van der Waals surface area contributed by atoms with Gasteiger partial charge < -0.3 is 9.64 Å². The summed E-state index contributed by atoms with van der Waals surface area (Å²) in [5, 5.41) is 8.29. The van der Waals surface area contributed by atoms with Crippen molar-refractivity contribution in [3.63, 3.8) is 0 Å². The van der Waals surface area contributed by atoms with Crippen LogP contribution in [0.3, 0.4) is 0 Å². The molecule has 1 aromatic heterocycles. The molecule has 2 heterocycles. The molecule has 1 fully saturated rings. The summed E-state index contributed by atoms with van der Waals surface area (Å²) in [7, 11) is 0. The van der Waals surface area contributed by atoms with E-state index < -0.39 is 0 Å². The van der Waals surface area contributed by atoms with Gasteiger partial charge in [-0.3, -0.25) is 0 Å². The Hall–Kier alpha value is -1.16. The predicted molar refractivity (Wildman–Crippen MR) is 63.7 cm³/mol. The van der Waals surface area contributed by atoms with Crippen LogP contribution in [0.4, 0.5) is 5.82 Å². The molecular formula is C12H19N3O. The fourth-order valence-electron chi connectivity index (χ4n) is 2.17. The van der Waals surface area contributed by atoms with Crippen LogP contribution in [0.15, 0.2) is 6.20 Å². The van der Waals surface area contributed by atoms with E-state index in [0.29, 0.717) is 0 Å². The molecule has 2 rings (SSSR count). The van der Waals surface area contributed by atoms with Gasteiger partial charge in [-0.25, -0.2) is 0 Å². The number of aromatic nitrogens is 2. The Bertz CT molecular complexity index is 371. The van der Waals surface area contributed by atoms with Crippen LogP contribution in [0.2, 0.25) is 0 Å². The monoisotopic (exact) mass is 221 g/mol. The van der Waals surface area contributed by atoms with Crippen molar-refractivity contribution in [1.29, 1.82) is 0 Å². The van der Waals surface area contributed by atoms with Crippen LogP contribution in [-0.4, -0.2) is 35.5 Å². The molecule has 4 heteroatoms. The largest absolute Gasteiger partial charge is 0.372 e. The van der Waals surface area contributed by atoms with Crippen LogP contribution >= 0.6 is 0 Å². The van der Waals surface area contributed by atoms with E-state index in [2.05, 4.69) is 42.8 Å². The quantitative estimate of drug-likeness (QED) is 0.723. The van der Waals surface area contributed by atoms with Gasteiger partial charge >= 0.3 is 0 Å². The van der Waals surface area contributed by atoms with Gasteiger partial charge in [0, 0.05) is 13.1 Å². The second-order valence-electron chi connectivity index (χ2n) is 4.64. The molecule has 4 nitrogen and oxygen atoms in total. The third kappa shape index (κ3) is 2.16. The molecule has 0 amide bonds. The maximum absolute atomic E-state index is 5.72. The summed E-state index contributed by atoms with van der Waals surface area (Å²) in [6, 6.07) is 0. The highest BCUT2D eigenvalue weighted by atomic mass is 16.5. The summed E-state index contributed by atoms with van der Waals surface area (Å²) in [5.74, 6) is 1.00. The molecule has 2 atom stereocenters. The lowest BCUT2D eigenvalue weighted by Gasteiger charge is -2.36. The van der Waals surface area contributed by atoms with Crippen LogP contribution in [0.25, 0.3) is 0 Å². The fourth-order valence-corrected chi connectivity index (χ4v) is 2.17. The molecule has 0 saturated carbocycles. The average molecular weight is 221 g/mol. The molecule has 16 heavy (non-hydrogen) atoms. The molecule has 0 spiro atoms. The van der Waals surface area contributed by atoms with Crippen molar-refractivity contribution < 1.29 is 4.74 Å². The third-order valence-electron chi connectivity index (χ3n) is 3.05. The van der Waals surface area contributed by atoms with Gasteiger partial charge in [-0.15, -0.1) is 5.10 Å². The van der Waals surface area contributed by atoms with Crippen molar-refractivity contribution in [2.75, 3.05) is 18.0 Å². The van der Waals surface area contributed by atoms with Crippen molar-refractivity contribution in [3.8, 4) is 0 Å². The minimum absolute atomic E-state index is 0.255. The van der Waals surface area contributed by atoms with Gasteiger partial charge in [0.05, 0.1) is 18.4 Å². The summed E-state index contributed by atoms with van der Waals surface area (Å²) in [5.41, 5.74) is 2.41. The highest BCUT2D eigenvalue weighted by Gasteiger charge is 2.24. The maximum atomic E-state index is 5.72. The Morgan fingerprint density at radius 1 is 1.25 bits per heavy atom. The molecule has 0 radical (unpaired) electrons. The minimum atomic E-state index is 0.255. The first-order valence-electron chi connectivity index (χ1n) is 5.77. The molecule has 1 aliphatic rings. The summed E-state index contributed by atoms with van der Waals surface area (Å²) < 4.78 is 5.72. The molecule has 1 saturated heterocycles. The Morgan fingerprint density at radius 3 is 2.50 bits per heavy atom. The number of morpholine rings is 1. The zero-order chi connectivity index (χ0) is 11.7. The SMILES string of the molecule is Cc1cnnc(N2C[C@@H](C)O[C@@H](C)C2)c1C. The molecule has 0 unspecified atom stereocenters. The van der Waals surface area contributed by atoms with E-state index in [9.17, 15) is 0 Å². The predicted octanol–water partition coefficient (Wildman–Crippen LogP) is 1.71. The molecule has 0 aromatic carbocycles. The van der Waals surface area contributed by atoms with Gasteiger partial charge in [0.2, 0.25) is 0 Å². The number of hydrogen-bond acceptors (Lipinski definition) is 4. The zero-order valence-electron chi connectivity index (χ0n) is 10.4. The Morgan fingerprint density at radius 2 is 1.88 bits per heavy atom.